The van der Waals surface area contributed by atoms with E-state index in [-0.39, 0.29) is 55.4 Å². The van der Waals surface area contributed by atoms with E-state index in [0.29, 0.717) is 5.69 Å². The van der Waals surface area contributed by atoms with Crippen LogP contribution in [0.2, 0.25) is 0 Å². The van der Waals surface area contributed by atoms with E-state index in [0.717, 1.165) is 11.1 Å². The van der Waals surface area contributed by atoms with Crippen LogP contribution in [-0.4, -0.2) is 48.9 Å². The van der Waals surface area contributed by atoms with Gasteiger partial charge in [0.25, 0.3) is 0 Å². The molecule has 0 heterocycles. The summed E-state index contributed by atoms with van der Waals surface area (Å²) >= 11 is 0. The van der Waals surface area contributed by atoms with Crippen molar-refractivity contribution >= 4 is 29.4 Å². The molecule has 0 aliphatic carbocycles. The van der Waals surface area contributed by atoms with Gasteiger partial charge in [-0.3, -0.25) is 19.2 Å². The maximum atomic E-state index is 12.5. The van der Waals surface area contributed by atoms with Gasteiger partial charge in [-0.1, -0.05) is 53.7 Å². The molecule has 1 aromatic carbocycles. The normalized spacial score (nSPS) is 11.9. The summed E-state index contributed by atoms with van der Waals surface area (Å²) in [4.78, 5) is 48.6. The van der Waals surface area contributed by atoms with Crippen LogP contribution in [0, 0.1) is 18.8 Å². The van der Waals surface area contributed by atoms with Crippen molar-refractivity contribution in [3.8, 4) is 0 Å². The second-order valence-corrected chi connectivity index (χ2v) is 9.00. The van der Waals surface area contributed by atoms with Gasteiger partial charge in [0, 0.05) is 11.7 Å². The Kier molecular flexibility index (Phi) is 11.6. The first-order valence-corrected chi connectivity index (χ1v) is 11.3. The van der Waals surface area contributed by atoms with Gasteiger partial charge in [0.05, 0.1) is 19.0 Å². The summed E-state index contributed by atoms with van der Waals surface area (Å²) in [6, 6.07) is 4.74. The number of nitrogens with one attached hydrogen (secondary N) is 4. The van der Waals surface area contributed by atoms with Crippen LogP contribution in [0.5, 0.6) is 0 Å². The van der Waals surface area contributed by atoms with E-state index in [2.05, 4.69) is 21.3 Å². The smallest absolute Gasteiger partial charge is 0.308 e. The van der Waals surface area contributed by atoms with Crippen LogP contribution >= 0.6 is 0 Å². The Morgan fingerprint density at radius 1 is 0.939 bits per heavy atom. The van der Waals surface area contributed by atoms with Crippen molar-refractivity contribution in [1.82, 2.24) is 16.0 Å². The largest absolute Gasteiger partial charge is 0.461 e. The maximum absolute atomic E-state index is 12.5. The number of rotatable bonds is 12. The van der Waals surface area contributed by atoms with E-state index in [9.17, 15) is 19.2 Å². The van der Waals surface area contributed by atoms with Gasteiger partial charge in [-0.15, -0.1) is 0 Å². The minimum absolute atomic E-state index is 0.112. The van der Waals surface area contributed by atoms with Gasteiger partial charge in [0.15, 0.2) is 0 Å². The number of carbonyl (C=O) groups excluding carboxylic acids is 4. The third-order valence-electron chi connectivity index (χ3n) is 4.78. The number of amides is 3. The van der Waals surface area contributed by atoms with Crippen molar-refractivity contribution in [3.05, 3.63) is 29.3 Å². The minimum atomic E-state index is -0.742. The molecule has 9 nitrogen and oxygen atoms in total. The van der Waals surface area contributed by atoms with Gasteiger partial charge in [0.1, 0.15) is 12.6 Å². The van der Waals surface area contributed by atoms with Gasteiger partial charge in [-0.2, -0.15) is 0 Å². The van der Waals surface area contributed by atoms with Crippen LogP contribution in [0.25, 0.3) is 0 Å². The molecule has 0 aromatic heterocycles. The van der Waals surface area contributed by atoms with Crippen LogP contribution < -0.4 is 21.3 Å². The molecule has 184 valence electrons. The molecule has 0 bridgehead atoms. The lowest BCUT2D eigenvalue weighted by Crippen LogP contribution is -2.52. The van der Waals surface area contributed by atoms with Crippen molar-refractivity contribution in [1.29, 1.82) is 0 Å². The lowest BCUT2D eigenvalue weighted by molar-refractivity contribution is -0.148. The minimum Gasteiger partial charge on any atom is -0.461 e. The van der Waals surface area contributed by atoms with E-state index >= 15 is 0 Å². The first kappa shape index (κ1) is 28.1. The molecule has 3 amide bonds. The van der Waals surface area contributed by atoms with Crippen molar-refractivity contribution in [3.63, 3.8) is 0 Å². The van der Waals surface area contributed by atoms with Crippen LogP contribution in [0.3, 0.4) is 0 Å². The molecule has 4 N–H and O–H groups in total. The predicted molar refractivity (Wildman–Crippen MR) is 127 cm³/mol. The standard InChI is InChI=1S/C24H38N4O5/c1-14(2)22(28-21(30)11-25-16(5)6)23(31)26-12-20(29)27-19-9-8-18(10-17(19)7)13-33-24(32)15(3)4/h8-10,14-16,22,25H,11-13H2,1-7H3,(H,26,31)(H,27,29)(H,28,30). The molecular formula is C24H38N4O5. The quantitative estimate of drug-likeness (QED) is 0.352. The third kappa shape index (κ3) is 10.5. The van der Waals surface area contributed by atoms with Crippen molar-refractivity contribution in [2.45, 2.75) is 67.2 Å². The van der Waals surface area contributed by atoms with E-state index in [4.69, 9.17) is 4.74 Å². The number of ether oxygens (including phenoxy) is 1. The zero-order valence-electron chi connectivity index (χ0n) is 20.7. The zero-order chi connectivity index (χ0) is 25.1. The van der Waals surface area contributed by atoms with Crippen LogP contribution in [0.4, 0.5) is 5.69 Å². The molecule has 1 rings (SSSR count). The summed E-state index contributed by atoms with van der Waals surface area (Å²) in [5, 5.41) is 11.1. The Balaban J connectivity index is 2.59. The number of aryl methyl sites for hydroxylation is 1. The number of benzene rings is 1. The molecule has 0 saturated heterocycles. The predicted octanol–water partition coefficient (Wildman–Crippen LogP) is 1.89. The average molecular weight is 463 g/mol. The molecule has 0 aliphatic heterocycles. The highest BCUT2D eigenvalue weighted by Crippen LogP contribution is 2.17. The van der Waals surface area contributed by atoms with Crippen LogP contribution in [0.1, 0.15) is 52.7 Å². The van der Waals surface area contributed by atoms with Crippen LogP contribution in [-0.2, 0) is 30.5 Å². The van der Waals surface area contributed by atoms with Gasteiger partial charge in [-0.05, 0) is 30.0 Å². The molecule has 0 spiro atoms. The topological polar surface area (TPSA) is 126 Å². The Bertz CT molecular complexity index is 836. The summed E-state index contributed by atoms with van der Waals surface area (Å²) in [5.74, 6) is -1.70. The Morgan fingerprint density at radius 2 is 1.61 bits per heavy atom. The lowest BCUT2D eigenvalue weighted by Gasteiger charge is -2.22. The Morgan fingerprint density at radius 3 is 2.15 bits per heavy atom. The molecule has 1 aromatic rings. The maximum Gasteiger partial charge on any atom is 0.308 e. The fourth-order valence-corrected chi connectivity index (χ4v) is 2.80. The van der Waals surface area contributed by atoms with Crippen molar-refractivity contribution < 1.29 is 23.9 Å². The van der Waals surface area contributed by atoms with E-state index in [1.807, 2.05) is 40.7 Å². The number of hydrogen-bond acceptors (Lipinski definition) is 6. The van der Waals surface area contributed by atoms with E-state index in [1.54, 1.807) is 26.0 Å². The van der Waals surface area contributed by atoms with Crippen molar-refractivity contribution in [2.75, 3.05) is 18.4 Å². The molecule has 0 fully saturated rings. The van der Waals surface area contributed by atoms with E-state index in [1.165, 1.54) is 0 Å². The molecule has 1 unspecified atom stereocenters. The fourth-order valence-electron chi connectivity index (χ4n) is 2.80. The highest BCUT2D eigenvalue weighted by atomic mass is 16.5. The molecule has 9 heteroatoms. The van der Waals surface area contributed by atoms with Crippen molar-refractivity contribution in [2.24, 2.45) is 11.8 Å². The average Bonchev–Trinajstić information content (AvgIpc) is 2.73. The summed E-state index contributed by atoms with van der Waals surface area (Å²) in [6.07, 6.45) is 0. The molecular weight excluding hydrogens is 424 g/mol. The number of carbonyl (C=O) groups is 4. The lowest BCUT2D eigenvalue weighted by atomic mass is 10.0. The molecule has 1 atom stereocenters. The number of hydrogen-bond donors (Lipinski definition) is 4. The molecule has 0 aliphatic rings. The van der Waals surface area contributed by atoms with Gasteiger partial charge in [-0.25, -0.2) is 0 Å². The first-order chi connectivity index (χ1) is 15.4. The summed E-state index contributed by atoms with van der Waals surface area (Å²) < 4.78 is 5.22. The van der Waals surface area contributed by atoms with E-state index < -0.39 is 11.9 Å². The number of anilines is 1. The SMILES string of the molecule is Cc1cc(COC(=O)C(C)C)ccc1NC(=O)CNC(=O)C(NC(=O)CNC(C)C)C(C)C. The van der Waals surface area contributed by atoms with Crippen LogP contribution in [0.15, 0.2) is 18.2 Å². The molecule has 0 saturated carbocycles. The van der Waals surface area contributed by atoms with Gasteiger partial charge in [0.2, 0.25) is 17.7 Å². The summed E-state index contributed by atoms with van der Waals surface area (Å²) in [6.45, 7) is 12.9. The fraction of sp³-hybridized carbons (Fsp3) is 0.583. The summed E-state index contributed by atoms with van der Waals surface area (Å²) in [7, 11) is 0. The highest BCUT2D eigenvalue weighted by Gasteiger charge is 2.24. The molecule has 0 radical (unpaired) electrons. The second kappa shape index (κ2) is 13.6. The first-order valence-electron chi connectivity index (χ1n) is 11.3. The Hall–Kier alpha value is -2.94. The van der Waals surface area contributed by atoms with Gasteiger partial charge >= 0.3 is 5.97 Å². The Labute approximate surface area is 196 Å². The highest BCUT2D eigenvalue weighted by molar-refractivity contribution is 5.96. The third-order valence-corrected chi connectivity index (χ3v) is 4.78. The second-order valence-electron chi connectivity index (χ2n) is 9.00. The molecule has 33 heavy (non-hydrogen) atoms. The zero-order valence-corrected chi connectivity index (χ0v) is 20.7. The summed E-state index contributed by atoms with van der Waals surface area (Å²) in [5.41, 5.74) is 2.22. The number of esters is 1. The monoisotopic (exact) mass is 462 g/mol. The van der Waals surface area contributed by atoms with Gasteiger partial charge < -0.3 is 26.0 Å².